The number of rotatable bonds is 1. The monoisotopic (exact) mass is 244 g/mol. The lowest BCUT2D eigenvalue weighted by atomic mass is 10.1. The Morgan fingerprint density at radius 2 is 1.83 bits per heavy atom. The number of nitrogens with one attached hydrogen (secondary N) is 1. The van der Waals surface area contributed by atoms with Crippen molar-refractivity contribution < 1.29 is 4.79 Å². The highest BCUT2D eigenvalue weighted by Crippen LogP contribution is 2.24. The summed E-state index contributed by atoms with van der Waals surface area (Å²) in [4.78, 5) is 12.3. The van der Waals surface area contributed by atoms with Gasteiger partial charge in [0, 0.05) is 23.5 Å². The van der Waals surface area contributed by atoms with Gasteiger partial charge in [-0.05, 0) is 39.3 Å². The van der Waals surface area contributed by atoms with E-state index in [1.165, 1.54) is 0 Å². The second kappa shape index (κ2) is 4.16. The van der Waals surface area contributed by atoms with Crippen LogP contribution in [0.1, 0.15) is 36.8 Å². The predicted octanol–water partition coefficient (Wildman–Crippen LogP) is 3.02. The third-order valence-corrected chi connectivity index (χ3v) is 3.06. The van der Waals surface area contributed by atoms with Crippen LogP contribution in [0.2, 0.25) is 0 Å². The van der Waals surface area contributed by atoms with Crippen LogP contribution in [-0.4, -0.2) is 16.0 Å². The van der Waals surface area contributed by atoms with Gasteiger partial charge in [-0.3, -0.25) is 4.79 Å². The van der Waals surface area contributed by atoms with Gasteiger partial charge < -0.3 is 9.88 Å². The van der Waals surface area contributed by atoms with E-state index >= 15 is 0 Å². The summed E-state index contributed by atoms with van der Waals surface area (Å²) in [6, 6.07) is 8.09. The average Bonchev–Trinajstić information content (AvgIpc) is 2.50. The molecule has 96 valence electrons. The van der Waals surface area contributed by atoms with E-state index in [0.717, 1.165) is 22.2 Å². The van der Waals surface area contributed by atoms with Crippen LogP contribution in [0.3, 0.4) is 0 Å². The maximum absolute atomic E-state index is 12.3. The van der Waals surface area contributed by atoms with Crippen LogP contribution in [0.5, 0.6) is 0 Å². The molecule has 0 bridgehead atoms. The smallest absolute Gasteiger partial charge is 0.268 e. The Kier molecular flexibility index (Phi) is 2.93. The summed E-state index contributed by atoms with van der Waals surface area (Å²) in [6.07, 6.45) is 0. The number of hydrogen-bond donors (Lipinski definition) is 1. The number of fused-ring (bicyclic) bond motifs is 1. The summed E-state index contributed by atoms with van der Waals surface area (Å²) < 4.78 is 1.96. The second-order valence-electron chi connectivity index (χ2n) is 5.75. The van der Waals surface area contributed by atoms with Gasteiger partial charge in [-0.1, -0.05) is 18.2 Å². The Hall–Kier alpha value is -1.77. The minimum absolute atomic E-state index is 0.0151. The van der Waals surface area contributed by atoms with Crippen molar-refractivity contribution in [3.8, 4) is 0 Å². The molecular formula is C15H20N2O. The predicted molar refractivity (Wildman–Crippen MR) is 74.9 cm³/mol. The summed E-state index contributed by atoms with van der Waals surface area (Å²) >= 11 is 0. The van der Waals surface area contributed by atoms with Gasteiger partial charge in [0.2, 0.25) is 0 Å². The molecule has 0 unspecified atom stereocenters. The minimum Gasteiger partial charge on any atom is -0.346 e. The molecule has 0 radical (unpaired) electrons. The molecule has 1 amide bonds. The molecule has 1 N–H and O–H groups in total. The lowest BCUT2D eigenvalue weighted by molar-refractivity contribution is 0.0911. The van der Waals surface area contributed by atoms with Crippen molar-refractivity contribution in [1.29, 1.82) is 0 Å². The number of aryl methyl sites for hydroxylation is 2. The van der Waals surface area contributed by atoms with Crippen LogP contribution in [0.15, 0.2) is 24.3 Å². The van der Waals surface area contributed by atoms with Gasteiger partial charge in [-0.25, -0.2) is 0 Å². The molecule has 0 aliphatic rings. The molecule has 0 atom stereocenters. The molecule has 2 aromatic rings. The first-order chi connectivity index (χ1) is 8.31. The highest BCUT2D eigenvalue weighted by molar-refractivity contribution is 6.01. The lowest BCUT2D eigenvalue weighted by Crippen LogP contribution is -2.41. The zero-order valence-electron chi connectivity index (χ0n) is 11.7. The number of para-hydroxylation sites is 1. The number of benzene rings is 1. The van der Waals surface area contributed by atoms with Crippen LogP contribution in [-0.2, 0) is 7.05 Å². The number of aromatic nitrogens is 1. The first-order valence-corrected chi connectivity index (χ1v) is 6.18. The third-order valence-electron chi connectivity index (χ3n) is 3.06. The largest absolute Gasteiger partial charge is 0.346 e. The van der Waals surface area contributed by atoms with Crippen LogP contribution in [0.25, 0.3) is 10.9 Å². The fourth-order valence-corrected chi connectivity index (χ4v) is 2.31. The molecule has 0 spiro atoms. The fraction of sp³-hybridized carbons (Fsp3) is 0.400. The maximum atomic E-state index is 12.3. The average molecular weight is 244 g/mol. The van der Waals surface area contributed by atoms with Crippen molar-refractivity contribution in [1.82, 2.24) is 9.88 Å². The minimum atomic E-state index is -0.222. The van der Waals surface area contributed by atoms with Gasteiger partial charge in [-0.2, -0.15) is 0 Å². The zero-order chi connectivity index (χ0) is 13.5. The van der Waals surface area contributed by atoms with Crippen molar-refractivity contribution >= 4 is 16.8 Å². The van der Waals surface area contributed by atoms with Gasteiger partial charge in [0.1, 0.15) is 5.69 Å². The fourth-order valence-electron chi connectivity index (χ4n) is 2.31. The third kappa shape index (κ3) is 2.13. The van der Waals surface area contributed by atoms with Crippen LogP contribution in [0, 0.1) is 6.92 Å². The standard InChI is InChI=1S/C15H20N2O/c1-10-11-8-6-7-9-12(11)17(5)13(10)14(18)16-15(2,3)4/h6-9H,1-5H3,(H,16,18). The van der Waals surface area contributed by atoms with Gasteiger partial charge in [0.15, 0.2) is 0 Å². The van der Waals surface area contributed by atoms with Crippen molar-refractivity contribution in [3.05, 3.63) is 35.5 Å². The molecular weight excluding hydrogens is 224 g/mol. The van der Waals surface area contributed by atoms with Crippen molar-refractivity contribution in [2.75, 3.05) is 0 Å². The quantitative estimate of drug-likeness (QED) is 0.822. The van der Waals surface area contributed by atoms with Gasteiger partial charge >= 0.3 is 0 Å². The van der Waals surface area contributed by atoms with Crippen LogP contribution in [0.4, 0.5) is 0 Å². The van der Waals surface area contributed by atoms with E-state index in [1.807, 2.05) is 57.5 Å². The van der Waals surface area contributed by atoms with E-state index in [-0.39, 0.29) is 11.4 Å². The summed E-state index contributed by atoms with van der Waals surface area (Å²) in [6.45, 7) is 7.97. The SMILES string of the molecule is Cc1c(C(=O)NC(C)(C)C)n(C)c2ccccc12. The molecule has 2 rings (SSSR count). The maximum Gasteiger partial charge on any atom is 0.268 e. The lowest BCUT2D eigenvalue weighted by Gasteiger charge is -2.21. The Bertz CT molecular complexity index is 564. The topological polar surface area (TPSA) is 34.0 Å². The first-order valence-electron chi connectivity index (χ1n) is 6.18. The Balaban J connectivity index is 2.55. The van der Waals surface area contributed by atoms with Crippen LogP contribution < -0.4 is 5.32 Å². The molecule has 0 saturated carbocycles. The highest BCUT2D eigenvalue weighted by Gasteiger charge is 2.21. The van der Waals surface area contributed by atoms with E-state index in [4.69, 9.17) is 0 Å². The summed E-state index contributed by atoms with van der Waals surface area (Å²) in [7, 11) is 1.94. The molecule has 0 aliphatic heterocycles. The van der Waals surface area contributed by atoms with E-state index in [2.05, 4.69) is 11.4 Å². The molecule has 3 heteroatoms. The molecule has 0 saturated heterocycles. The number of carbonyl (C=O) groups excluding carboxylic acids is 1. The van der Waals surface area contributed by atoms with Crippen LogP contribution >= 0.6 is 0 Å². The van der Waals surface area contributed by atoms with Gasteiger partial charge in [0.05, 0.1) is 0 Å². The highest BCUT2D eigenvalue weighted by atomic mass is 16.2. The van der Waals surface area contributed by atoms with Gasteiger partial charge in [-0.15, -0.1) is 0 Å². The summed E-state index contributed by atoms with van der Waals surface area (Å²) in [5.74, 6) is -0.0151. The molecule has 18 heavy (non-hydrogen) atoms. The molecule has 1 heterocycles. The first kappa shape index (κ1) is 12.7. The zero-order valence-corrected chi connectivity index (χ0v) is 11.7. The Morgan fingerprint density at radius 1 is 1.22 bits per heavy atom. The number of carbonyl (C=O) groups is 1. The van der Waals surface area contributed by atoms with E-state index < -0.39 is 0 Å². The van der Waals surface area contributed by atoms with Gasteiger partial charge in [0.25, 0.3) is 5.91 Å². The number of amides is 1. The van der Waals surface area contributed by atoms with Crippen molar-refractivity contribution in [3.63, 3.8) is 0 Å². The molecule has 1 aromatic heterocycles. The molecule has 0 fully saturated rings. The summed E-state index contributed by atoms with van der Waals surface area (Å²) in [5, 5.41) is 4.16. The van der Waals surface area contributed by atoms with Crippen molar-refractivity contribution in [2.24, 2.45) is 7.05 Å². The van der Waals surface area contributed by atoms with E-state index in [1.54, 1.807) is 0 Å². The molecule has 1 aromatic carbocycles. The Morgan fingerprint density at radius 3 is 2.39 bits per heavy atom. The summed E-state index contributed by atoms with van der Waals surface area (Å²) in [5.41, 5.74) is 2.65. The normalized spacial score (nSPS) is 11.8. The number of hydrogen-bond acceptors (Lipinski definition) is 1. The second-order valence-corrected chi connectivity index (χ2v) is 5.75. The molecule has 0 aliphatic carbocycles. The van der Waals surface area contributed by atoms with E-state index in [0.29, 0.717) is 0 Å². The number of nitrogens with zero attached hydrogens (tertiary/aromatic N) is 1. The molecule has 3 nitrogen and oxygen atoms in total. The Labute approximate surface area is 108 Å². The van der Waals surface area contributed by atoms with Crippen molar-refractivity contribution in [2.45, 2.75) is 33.2 Å². The van der Waals surface area contributed by atoms with E-state index in [9.17, 15) is 4.79 Å².